The second-order valence-electron chi connectivity index (χ2n) is 5.43. The lowest BCUT2D eigenvalue weighted by Crippen LogP contribution is -2.04. The zero-order chi connectivity index (χ0) is 16.2. The molecule has 0 amide bonds. The molecule has 0 saturated carbocycles. The van der Waals surface area contributed by atoms with E-state index in [1.165, 1.54) is 11.1 Å². The Balaban J connectivity index is 2.30. The molecule has 1 heterocycles. The molecule has 0 aliphatic carbocycles. The topological polar surface area (TPSA) is 41.6 Å². The van der Waals surface area contributed by atoms with Crippen LogP contribution >= 0.6 is 0 Å². The number of hydrogen-bond acceptors (Lipinski definition) is 2. The van der Waals surface area contributed by atoms with Crippen LogP contribution in [0.25, 0.3) is 17.1 Å². The number of aryl methyl sites for hydroxylation is 2. The van der Waals surface area contributed by atoms with E-state index >= 15 is 0 Å². The van der Waals surface area contributed by atoms with Gasteiger partial charge in [-0.2, -0.15) is 5.26 Å². The Hall–Kier alpha value is -2.86. The van der Waals surface area contributed by atoms with Gasteiger partial charge in [-0.25, -0.2) is 4.98 Å². The van der Waals surface area contributed by atoms with Crippen LogP contribution in [-0.4, -0.2) is 9.55 Å². The Labute approximate surface area is 136 Å². The van der Waals surface area contributed by atoms with Crippen LogP contribution in [0.15, 0.2) is 54.7 Å². The fraction of sp³-hybridized carbons (Fsp3) is 0.200. The highest BCUT2D eigenvalue weighted by atomic mass is 15.1. The molecule has 0 bridgehead atoms. The van der Waals surface area contributed by atoms with Crippen LogP contribution in [-0.2, 0) is 12.8 Å². The predicted molar refractivity (Wildman–Crippen MR) is 92.5 cm³/mol. The van der Waals surface area contributed by atoms with Gasteiger partial charge in [0.1, 0.15) is 11.9 Å². The molecule has 0 N–H and O–H groups in total. The van der Waals surface area contributed by atoms with E-state index in [1.807, 2.05) is 36.5 Å². The Morgan fingerprint density at radius 3 is 2.17 bits per heavy atom. The van der Waals surface area contributed by atoms with Gasteiger partial charge in [-0.15, -0.1) is 0 Å². The van der Waals surface area contributed by atoms with Crippen LogP contribution in [0.5, 0.6) is 0 Å². The molecule has 0 fully saturated rings. The maximum Gasteiger partial charge on any atom is 0.159 e. The third kappa shape index (κ3) is 2.76. The van der Waals surface area contributed by atoms with Gasteiger partial charge in [0, 0.05) is 11.8 Å². The number of aromatic nitrogens is 2. The quantitative estimate of drug-likeness (QED) is 0.710. The predicted octanol–water partition coefficient (Wildman–Crippen LogP) is 4.54. The fourth-order valence-corrected chi connectivity index (χ4v) is 2.92. The minimum Gasteiger partial charge on any atom is -0.298 e. The highest BCUT2D eigenvalue weighted by Crippen LogP contribution is 2.28. The van der Waals surface area contributed by atoms with Crippen molar-refractivity contribution in [2.24, 2.45) is 0 Å². The van der Waals surface area contributed by atoms with Crippen molar-refractivity contribution in [2.45, 2.75) is 26.7 Å². The molecule has 0 radical (unpaired) electrons. The summed E-state index contributed by atoms with van der Waals surface area (Å²) in [6, 6.07) is 18.6. The molecule has 0 spiro atoms. The lowest BCUT2D eigenvalue weighted by atomic mass is 10.0. The largest absolute Gasteiger partial charge is 0.298 e. The zero-order valence-electron chi connectivity index (χ0n) is 13.5. The summed E-state index contributed by atoms with van der Waals surface area (Å²) < 4.78 is 2.07. The second-order valence-corrected chi connectivity index (χ2v) is 5.43. The van der Waals surface area contributed by atoms with Crippen LogP contribution in [0.4, 0.5) is 0 Å². The highest BCUT2D eigenvalue weighted by Gasteiger charge is 2.16. The summed E-state index contributed by atoms with van der Waals surface area (Å²) in [5.41, 5.74) is 5.15. The fourth-order valence-electron chi connectivity index (χ4n) is 2.92. The molecule has 23 heavy (non-hydrogen) atoms. The summed E-state index contributed by atoms with van der Waals surface area (Å²) in [4.78, 5) is 4.53. The number of nitriles is 1. The van der Waals surface area contributed by atoms with Gasteiger partial charge in [-0.1, -0.05) is 62.4 Å². The van der Waals surface area contributed by atoms with E-state index < -0.39 is 0 Å². The van der Waals surface area contributed by atoms with E-state index in [2.05, 4.69) is 47.7 Å². The average molecular weight is 301 g/mol. The van der Waals surface area contributed by atoms with Crippen molar-refractivity contribution in [3.63, 3.8) is 0 Å². The van der Waals surface area contributed by atoms with Gasteiger partial charge in [-0.05, 0) is 24.0 Å². The second kappa shape index (κ2) is 6.50. The lowest BCUT2D eigenvalue weighted by molar-refractivity contribution is 0.969. The first-order chi connectivity index (χ1) is 11.3. The van der Waals surface area contributed by atoms with Crippen molar-refractivity contribution in [1.82, 2.24) is 9.55 Å². The first kappa shape index (κ1) is 15.1. The average Bonchev–Trinajstić information content (AvgIpc) is 3.05. The standard InChI is InChI=1S/C20H19N3/c1-3-15-11-8-12-16(4-2)19(15)23-14-18(13-21)22-20(23)17-9-6-5-7-10-17/h5-12,14H,3-4H2,1-2H3. The summed E-state index contributed by atoms with van der Waals surface area (Å²) in [6.45, 7) is 4.31. The molecule has 3 heteroatoms. The van der Waals surface area contributed by atoms with E-state index in [0.717, 1.165) is 29.9 Å². The zero-order valence-corrected chi connectivity index (χ0v) is 13.5. The molecule has 0 unspecified atom stereocenters. The van der Waals surface area contributed by atoms with Gasteiger partial charge in [0.15, 0.2) is 5.69 Å². The third-order valence-corrected chi connectivity index (χ3v) is 4.06. The Morgan fingerprint density at radius 1 is 0.957 bits per heavy atom. The van der Waals surface area contributed by atoms with Crippen LogP contribution < -0.4 is 0 Å². The maximum absolute atomic E-state index is 9.30. The van der Waals surface area contributed by atoms with Crippen molar-refractivity contribution < 1.29 is 0 Å². The van der Waals surface area contributed by atoms with Crippen LogP contribution in [0.2, 0.25) is 0 Å². The Bertz CT molecular complexity index is 832. The summed E-state index contributed by atoms with van der Waals surface area (Å²) in [7, 11) is 0. The minimum absolute atomic E-state index is 0.441. The van der Waals surface area contributed by atoms with Gasteiger partial charge >= 0.3 is 0 Å². The van der Waals surface area contributed by atoms with Crippen molar-refractivity contribution >= 4 is 0 Å². The number of nitrogens with zero attached hydrogens (tertiary/aromatic N) is 3. The van der Waals surface area contributed by atoms with E-state index in [0.29, 0.717) is 5.69 Å². The summed E-state index contributed by atoms with van der Waals surface area (Å²) in [6.07, 6.45) is 3.73. The molecule has 0 aliphatic rings. The van der Waals surface area contributed by atoms with E-state index in [1.54, 1.807) is 0 Å². The Morgan fingerprint density at radius 2 is 1.61 bits per heavy atom. The molecule has 3 aromatic rings. The molecule has 1 aromatic heterocycles. The molecule has 2 aromatic carbocycles. The first-order valence-corrected chi connectivity index (χ1v) is 7.94. The summed E-state index contributed by atoms with van der Waals surface area (Å²) in [5.74, 6) is 0.817. The maximum atomic E-state index is 9.30. The van der Waals surface area contributed by atoms with Gasteiger partial charge in [0.05, 0.1) is 5.69 Å². The van der Waals surface area contributed by atoms with Crippen molar-refractivity contribution in [3.8, 4) is 23.1 Å². The SMILES string of the molecule is CCc1cccc(CC)c1-n1cc(C#N)nc1-c1ccccc1. The third-order valence-electron chi connectivity index (χ3n) is 4.06. The van der Waals surface area contributed by atoms with Crippen molar-refractivity contribution in [3.05, 3.63) is 71.5 Å². The van der Waals surface area contributed by atoms with Crippen LogP contribution in [0, 0.1) is 11.3 Å². The van der Waals surface area contributed by atoms with E-state index in [9.17, 15) is 5.26 Å². The van der Waals surface area contributed by atoms with E-state index in [-0.39, 0.29) is 0 Å². The van der Waals surface area contributed by atoms with Crippen molar-refractivity contribution in [1.29, 1.82) is 5.26 Å². The normalized spacial score (nSPS) is 10.5. The number of benzene rings is 2. The Kier molecular flexibility index (Phi) is 4.25. The molecule has 3 rings (SSSR count). The molecular formula is C20H19N3. The van der Waals surface area contributed by atoms with Crippen LogP contribution in [0.3, 0.4) is 0 Å². The first-order valence-electron chi connectivity index (χ1n) is 7.94. The number of hydrogen-bond donors (Lipinski definition) is 0. The van der Waals surface area contributed by atoms with E-state index in [4.69, 9.17) is 0 Å². The monoisotopic (exact) mass is 301 g/mol. The lowest BCUT2D eigenvalue weighted by Gasteiger charge is -2.16. The minimum atomic E-state index is 0.441. The number of rotatable bonds is 4. The molecule has 0 aliphatic heterocycles. The van der Waals surface area contributed by atoms with Gasteiger partial charge in [0.25, 0.3) is 0 Å². The molecule has 0 atom stereocenters. The van der Waals surface area contributed by atoms with Crippen LogP contribution in [0.1, 0.15) is 30.7 Å². The van der Waals surface area contributed by atoms with Gasteiger partial charge < -0.3 is 0 Å². The summed E-state index contributed by atoms with van der Waals surface area (Å²) in [5, 5.41) is 9.30. The smallest absolute Gasteiger partial charge is 0.159 e. The van der Waals surface area contributed by atoms with Gasteiger partial charge in [-0.3, -0.25) is 4.57 Å². The molecule has 3 nitrogen and oxygen atoms in total. The molecule has 114 valence electrons. The molecule has 0 saturated heterocycles. The number of para-hydroxylation sites is 1. The van der Waals surface area contributed by atoms with Crippen molar-refractivity contribution in [2.75, 3.05) is 0 Å². The number of imidazole rings is 1. The highest BCUT2D eigenvalue weighted by molar-refractivity contribution is 5.62. The van der Waals surface area contributed by atoms with Gasteiger partial charge in [0.2, 0.25) is 0 Å². The summed E-state index contributed by atoms with van der Waals surface area (Å²) >= 11 is 0. The molecular weight excluding hydrogens is 282 g/mol.